The van der Waals surface area contributed by atoms with Crippen molar-refractivity contribution in [1.29, 1.82) is 0 Å². The van der Waals surface area contributed by atoms with E-state index < -0.39 is 0 Å². The number of amides is 3. The number of carbonyl (C=O) groups is 3. The Labute approximate surface area is 224 Å². The second-order valence-electron chi connectivity index (χ2n) is 10.1. The first kappa shape index (κ1) is 28.7. The number of carbonyl (C=O) groups excluding carboxylic acids is 3. The van der Waals surface area contributed by atoms with Gasteiger partial charge in [-0.1, -0.05) is 56.3 Å². The average molecular weight is 523 g/mol. The van der Waals surface area contributed by atoms with Gasteiger partial charge in [-0.25, -0.2) is 4.79 Å². The first-order valence-corrected chi connectivity index (χ1v) is 13.0. The van der Waals surface area contributed by atoms with Crippen molar-refractivity contribution < 1.29 is 24.0 Å². The van der Waals surface area contributed by atoms with Crippen molar-refractivity contribution in [1.82, 2.24) is 5.32 Å². The topological polar surface area (TPSA) is 118 Å². The lowest BCUT2D eigenvalue weighted by Crippen LogP contribution is -2.44. The van der Waals surface area contributed by atoms with Crippen molar-refractivity contribution in [2.24, 2.45) is 17.0 Å². The van der Waals surface area contributed by atoms with Crippen LogP contribution in [0.1, 0.15) is 51.2 Å². The normalized spacial score (nSPS) is 17.3. The maximum atomic E-state index is 13.0. The van der Waals surface area contributed by atoms with E-state index in [2.05, 4.69) is 35.0 Å². The van der Waals surface area contributed by atoms with Crippen LogP contribution in [-0.4, -0.2) is 42.9 Å². The number of rotatable bonds is 11. The minimum Gasteiger partial charge on any atom is -0.469 e. The van der Waals surface area contributed by atoms with E-state index in [-0.39, 0.29) is 48.8 Å². The van der Waals surface area contributed by atoms with Gasteiger partial charge in [0.15, 0.2) is 0 Å². The molecule has 0 radical (unpaired) electrons. The van der Waals surface area contributed by atoms with Gasteiger partial charge in [0.1, 0.15) is 6.10 Å². The zero-order valence-corrected chi connectivity index (χ0v) is 22.7. The second-order valence-corrected chi connectivity index (χ2v) is 10.1. The Bertz CT molecular complexity index is 1150. The van der Waals surface area contributed by atoms with Gasteiger partial charge in [0, 0.05) is 23.7 Å². The molecule has 0 spiro atoms. The van der Waals surface area contributed by atoms with Crippen LogP contribution in [0.4, 0.5) is 16.2 Å². The van der Waals surface area contributed by atoms with Crippen molar-refractivity contribution in [3.05, 3.63) is 59.7 Å². The van der Waals surface area contributed by atoms with E-state index in [4.69, 9.17) is 9.57 Å². The van der Waals surface area contributed by atoms with E-state index >= 15 is 0 Å². The Morgan fingerprint density at radius 2 is 1.76 bits per heavy atom. The largest absolute Gasteiger partial charge is 0.469 e. The second kappa shape index (κ2) is 13.6. The number of oxime groups is 1. The molecule has 0 bridgehead atoms. The van der Waals surface area contributed by atoms with Crippen LogP contribution < -0.4 is 16.0 Å². The molecule has 1 heterocycles. The van der Waals surface area contributed by atoms with Crippen molar-refractivity contribution in [2.75, 3.05) is 17.7 Å². The zero-order chi connectivity index (χ0) is 27.7. The summed E-state index contributed by atoms with van der Waals surface area (Å²) in [7, 11) is 1.37. The number of nitrogens with zero attached hydrogens (tertiary/aromatic N) is 1. The SMILES string of the molecule is COC(=O)CCC1ON=C(C(CC(C)C)NC(=O)Cc2ccc(NC(=O)Nc3ccccc3C)cc2)C1C. The number of aryl methyl sites for hydroxylation is 1. The summed E-state index contributed by atoms with van der Waals surface area (Å²) in [6, 6.07) is 14.1. The van der Waals surface area contributed by atoms with Crippen LogP contribution in [-0.2, 0) is 25.6 Å². The fourth-order valence-electron chi connectivity index (χ4n) is 4.40. The number of anilines is 2. The van der Waals surface area contributed by atoms with Gasteiger partial charge in [0.05, 0.1) is 25.3 Å². The maximum Gasteiger partial charge on any atom is 0.323 e. The first-order chi connectivity index (χ1) is 18.2. The fraction of sp³-hybridized carbons (Fsp3) is 0.448. The van der Waals surface area contributed by atoms with Crippen molar-refractivity contribution in [3.63, 3.8) is 0 Å². The lowest BCUT2D eigenvalue weighted by molar-refractivity contribution is -0.141. The van der Waals surface area contributed by atoms with E-state index in [1.54, 1.807) is 12.1 Å². The third-order valence-corrected chi connectivity index (χ3v) is 6.55. The van der Waals surface area contributed by atoms with E-state index in [9.17, 15) is 14.4 Å². The van der Waals surface area contributed by atoms with Crippen LogP contribution in [0.25, 0.3) is 0 Å². The molecule has 1 aliphatic rings. The molecule has 2 aromatic rings. The highest BCUT2D eigenvalue weighted by atomic mass is 16.6. The van der Waals surface area contributed by atoms with Gasteiger partial charge < -0.3 is 25.5 Å². The molecule has 38 heavy (non-hydrogen) atoms. The average Bonchev–Trinajstić information content (AvgIpc) is 3.24. The highest BCUT2D eigenvalue weighted by Gasteiger charge is 2.36. The van der Waals surface area contributed by atoms with Gasteiger partial charge in [0.2, 0.25) is 5.91 Å². The number of hydrogen-bond donors (Lipinski definition) is 3. The number of para-hydroxylation sites is 1. The summed E-state index contributed by atoms with van der Waals surface area (Å²) in [4.78, 5) is 42.4. The minimum atomic E-state index is -0.333. The number of hydrogen-bond acceptors (Lipinski definition) is 6. The van der Waals surface area contributed by atoms with E-state index in [1.165, 1.54) is 7.11 Å². The van der Waals surface area contributed by atoms with Gasteiger partial charge in [0.25, 0.3) is 0 Å². The summed E-state index contributed by atoms with van der Waals surface area (Å²) in [5, 5.41) is 13.1. The Morgan fingerprint density at radius 1 is 1.05 bits per heavy atom. The van der Waals surface area contributed by atoms with Crippen LogP contribution in [0.2, 0.25) is 0 Å². The van der Waals surface area contributed by atoms with E-state index in [0.717, 1.165) is 28.9 Å². The van der Waals surface area contributed by atoms with E-state index in [0.29, 0.717) is 18.0 Å². The van der Waals surface area contributed by atoms with Crippen LogP contribution in [0.15, 0.2) is 53.7 Å². The standard InChI is InChI=1S/C29H38N4O5/c1-18(2)16-24(28-20(4)25(38-33-28)14-15-27(35)37-5)31-26(34)17-21-10-12-22(13-11-21)30-29(36)32-23-9-7-6-8-19(23)3/h6-13,18,20,24-25H,14-17H2,1-5H3,(H,31,34)(H2,30,32,36). The highest BCUT2D eigenvalue weighted by Crippen LogP contribution is 2.26. The number of urea groups is 1. The monoisotopic (exact) mass is 522 g/mol. The van der Waals surface area contributed by atoms with Gasteiger partial charge in [-0.15, -0.1) is 0 Å². The minimum absolute atomic E-state index is 0.0279. The molecule has 3 atom stereocenters. The van der Waals surface area contributed by atoms with Gasteiger partial charge in [-0.05, 0) is 55.0 Å². The van der Waals surface area contributed by atoms with Crippen LogP contribution in [0.5, 0.6) is 0 Å². The Morgan fingerprint density at radius 3 is 2.42 bits per heavy atom. The molecular weight excluding hydrogens is 484 g/mol. The predicted molar refractivity (Wildman–Crippen MR) is 148 cm³/mol. The molecule has 0 aliphatic carbocycles. The molecule has 3 unspecified atom stereocenters. The highest BCUT2D eigenvalue weighted by molar-refractivity contribution is 6.00. The molecule has 204 valence electrons. The number of nitrogens with one attached hydrogen (secondary N) is 3. The number of methoxy groups -OCH3 is 1. The third kappa shape index (κ3) is 8.33. The molecule has 9 nitrogen and oxygen atoms in total. The molecule has 0 saturated heterocycles. The summed E-state index contributed by atoms with van der Waals surface area (Å²) in [5.41, 5.74) is 3.96. The predicted octanol–water partition coefficient (Wildman–Crippen LogP) is 5.06. The Hall–Kier alpha value is -3.88. The smallest absolute Gasteiger partial charge is 0.323 e. The molecule has 9 heteroatoms. The van der Waals surface area contributed by atoms with Crippen molar-refractivity contribution in [2.45, 2.75) is 65.5 Å². The Kier molecular flexibility index (Phi) is 10.3. The van der Waals surface area contributed by atoms with Crippen LogP contribution in [0.3, 0.4) is 0 Å². The molecule has 0 aromatic heterocycles. The van der Waals surface area contributed by atoms with Gasteiger partial charge in [-0.3, -0.25) is 9.59 Å². The van der Waals surface area contributed by atoms with Crippen LogP contribution in [0, 0.1) is 18.8 Å². The molecule has 2 aromatic carbocycles. The number of ether oxygens (including phenoxy) is 1. The molecular formula is C29H38N4O5. The Balaban J connectivity index is 1.54. The van der Waals surface area contributed by atoms with E-state index in [1.807, 2.05) is 50.2 Å². The molecule has 0 saturated carbocycles. The number of benzene rings is 2. The third-order valence-electron chi connectivity index (χ3n) is 6.55. The quantitative estimate of drug-likeness (QED) is 0.357. The van der Waals surface area contributed by atoms with Crippen LogP contribution >= 0.6 is 0 Å². The first-order valence-electron chi connectivity index (χ1n) is 13.0. The lowest BCUT2D eigenvalue weighted by atomic mass is 9.88. The molecule has 3 N–H and O–H groups in total. The summed E-state index contributed by atoms with van der Waals surface area (Å²) in [6.07, 6.45) is 1.46. The lowest BCUT2D eigenvalue weighted by Gasteiger charge is -2.23. The van der Waals surface area contributed by atoms with Gasteiger partial charge >= 0.3 is 12.0 Å². The zero-order valence-electron chi connectivity index (χ0n) is 22.7. The maximum absolute atomic E-state index is 13.0. The molecule has 1 aliphatic heterocycles. The number of esters is 1. The summed E-state index contributed by atoms with van der Waals surface area (Å²) in [6.45, 7) is 8.12. The summed E-state index contributed by atoms with van der Waals surface area (Å²) in [5.74, 6) is -0.101. The van der Waals surface area contributed by atoms with Gasteiger partial charge in [-0.2, -0.15) is 0 Å². The fourth-order valence-corrected chi connectivity index (χ4v) is 4.40. The molecule has 3 rings (SSSR count). The van der Waals surface area contributed by atoms with Crippen molar-refractivity contribution in [3.8, 4) is 0 Å². The summed E-state index contributed by atoms with van der Waals surface area (Å²) >= 11 is 0. The summed E-state index contributed by atoms with van der Waals surface area (Å²) < 4.78 is 4.72. The molecule has 0 fully saturated rings. The van der Waals surface area contributed by atoms with Crippen molar-refractivity contribution >= 4 is 35.0 Å². The molecule has 3 amide bonds.